The molecule has 0 aliphatic heterocycles. The van der Waals surface area contributed by atoms with Gasteiger partial charge in [0.15, 0.2) is 0 Å². The molecule has 0 aromatic heterocycles. The van der Waals surface area contributed by atoms with Gasteiger partial charge in [-0.05, 0) is 68.8 Å². The Balaban J connectivity index is 1.44. The first-order valence-electron chi connectivity index (χ1n) is 11.7. The molecule has 0 saturated carbocycles. The van der Waals surface area contributed by atoms with Gasteiger partial charge in [-0.25, -0.2) is 4.79 Å². The molecule has 0 fully saturated rings. The molecule has 4 aromatic carbocycles. The van der Waals surface area contributed by atoms with E-state index in [0.29, 0.717) is 5.56 Å². The van der Waals surface area contributed by atoms with Crippen LogP contribution < -0.4 is 19.0 Å². The minimum Gasteiger partial charge on any atom is -0.379 e. The molecule has 0 aliphatic carbocycles. The molecule has 0 aliphatic rings. The van der Waals surface area contributed by atoms with E-state index in [0.717, 1.165) is 11.1 Å². The smallest absolute Gasteiger partial charge is 0.339 e. The van der Waals surface area contributed by atoms with Gasteiger partial charge in [-0.2, -0.15) is 16.8 Å². The highest BCUT2D eigenvalue weighted by atomic mass is 32.2. The van der Waals surface area contributed by atoms with Gasteiger partial charge in [0.25, 0.3) is 0 Å². The highest BCUT2D eigenvalue weighted by Crippen LogP contribution is 2.27. The summed E-state index contributed by atoms with van der Waals surface area (Å²) in [4.78, 5) is 12.6. The van der Waals surface area contributed by atoms with Gasteiger partial charge < -0.3 is 19.0 Å². The van der Waals surface area contributed by atoms with Crippen LogP contribution in [-0.4, -0.2) is 22.9 Å². The summed E-state index contributed by atoms with van der Waals surface area (Å²) in [5, 5.41) is 5.20. The molecule has 202 valence electrons. The summed E-state index contributed by atoms with van der Waals surface area (Å²) in [6.45, 7) is 5.37. The van der Waals surface area contributed by atoms with Gasteiger partial charge in [-0.3, -0.25) is 0 Å². The molecule has 9 nitrogen and oxygen atoms in total. The van der Waals surface area contributed by atoms with Crippen molar-refractivity contribution in [1.82, 2.24) is 0 Å². The Kier molecular flexibility index (Phi) is 7.93. The number of carbonyl (C=O) groups is 1. The van der Waals surface area contributed by atoms with Crippen LogP contribution in [0.25, 0.3) is 0 Å². The van der Waals surface area contributed by atoms with Crippen molar-refractivity contribution >= 4 is 37.6 Å². The fourth-order valence-corrected chi connectivity index (χ4v) is 5.34. The Morgan fingerprint density at radius 1 is 0.615 bits per heavy atom. The second-order valence-electron chi connectivity index (χ2n) is 8.79. The number of carbonyl (C=O) groups excluding carboxylic acids is 1. The Hall–Kier alpha value is -4.35. The van der Waals surface area contributed by atoms with E-state index in [1.807, 2.05) is 13.8 Å². The van der Waals surface area contributed by atoms with E-state index in [4.69, 9.17) is 8.37 Å². The maximum absolute atomic E-state index is 12.7. The molecule has 0 saturated heterocycles. The first-order valence-corrected chi connectivity index (χ1v) is 14.5. The number of hydrogen-bond donors (Lipinski definition) is 2. The standard InChI is InChI=1S/C28H26N2O7S2/c1-19-7-13-25(14-8-19)38(32,33)36-24-6-4-5-22(17-24)29-28(31)30-23-12-11-21(3)27(18-23)37-39(34,35)26-15-9-20(2)10-16-26/h4-18H,1-3H3,(H2,29,30,31). The maximum Gasteiger partial charge on any atom is 0.339 e. The lowest BCUT2D eigenvalue weighted by Crippen LogP contribution is -2.19. The van der Waals surface area contributed by atoms with Crippen molar-refractivity contribution in [2.75, 3.05) is 10.6 Å². The van der Waals surface area contributed by atoms with Crippen LogP contribution in [0.1, 0.15) is 16.7 Å². The topological polar surface area (TPSA) is 128 Å². The summed E-state index contributed by atoms with van der Waals surface area (Å²) in [7, 11) is -8.14. The summed E-state index contributed by atoms with van der Waals surface area (Å²) in [5.74, 6) is 0.0748. The van der Waals surface area contributed by atoms with Crippen molar-refractivity contribution in [3.63, 3.8) is 0 Å². The molecule has 0 heterocycles. The molecule has 0 unspecified atom stereocenters. The molecule has 0 bridgehead atoms. The van der Waals surface area contributed by atoms with Crippen LogP contribution >= 0.6 is 0 Å². The zero-order chi connectivity index (χ0) is 28.2. The van der Waals surface area contributed by atoms with E-state index >= 15 is 0 Å². The molecule has 0 atom stereocenters. The van der Waals surface area contributed by atoms with Gasteiger partial charge in [0.05, 0.1) is 0 Å². The summed E-state index contributed by atoms with van der Waals surface area (Å²) in [6, 6.07) is 22.3. The van der Waals surface area contributed by atoms with Crippen LogP contribution in [0, 0.1) is 20.8 Å². The minimum absolute atomic E-state index is 0.00555. The van der Waals surface area contributed by atoms with Crippen molar-refractivity contribution in [1.29, 1.82) is 0 Å². The second kappa shape index (κ2) is 11.2. The fraction of sp³-hybridized carbons (Fsp3) is 0.107. The first-order chi connectivity index (χ1) is 18.4. The van der Waals surface area contributed by atoms with Crippen molar-refractivity contribution in [2.45, 2.75) is 30.6 Å². The number of amides is 2. The Bertz CT molecular complexity index is 1720. The second-order valence-corrected chi connectivity index (χ2v) is 11.9. The van der Waals surface area contributed by atoms with Gasteiger partial charge in [0.2, 0.25) is 0 Å². The molecule has 0 radical (unpaired) electrons. The van der Waals surface area contributed by atoms with Gasteiger partial charge >= 0.3 is 26.3 Å². The number of anilines is 2. The molecular weight excluding hydrogens is 540 g/mol. The monoisotopic (exact) mass is 566 g/mol. The Labute approximate surface area is 227 Å². The van der Waals surface area contributed by atoms with Crippen LogP contribution in [-0.2, 0) is 20.2 Å². The van der Waals surface area contributed by atoms with Crippen molar-refractivity contribution in [3.8, 4) is 11.5 Å². The number of nitrogens with one attached hydrogen (secondary N) is 2. The van der Waals surface area contributed by atoms with Crippen LogP contribution in [0.15, 0.2) is 101 Å². The number of aryl methyl sites for hydroxylation is 3. The zero-order valence-corrected chi connectivity index (χ0v) is 23.0. The minimum atomic E-state index is -4.08. The zero-order valence-electron chi connectivity index (χ0n) is 21.3. The summed E-state index contributed by atoms with van der Waals surface area (Å²) < 4.78 is 61.1. The number of urea groups is 1. The fourth-order valence-electron chi connectivity index (χ4n) is 3.44. The van der Waals surface area contributed by atoms with Crippen molar-refractivity contribution < 1.29 is 30.0 Å². The van der Waals surface area contributed by atoms with Crippen molar-refractivity contribution in [3.05, 3.63) is 108 Å². The molecule has 2 N–H and O–H groups in total. The van der Waals surface area contributed by atoms with Gasteiger partial charge in [0, 0.05) is 23.5 Å². The third kappa shape index (κ3) is 7.15. The highest BCUT2D eigenvalue weighted by Gasteiger charge is 2.19. The van der Waals surface area contributed by atoms with Gasteiger partial charge in [-0.1, -0.05) is 47.5 Å². The van der Waals surface area contributed by atoms with Crippen LogP contribution in [0.4, 0.5) is 16.2 Å². The first kappa shape index (κ1) is 27.7. The van der Waals surface area contributed by atoms with E-state index in [-0.39, 0.29) is 32.7 Å². The van der Waals surface area contributed by atoms with E-state index in [1.54, 1.807) is 49.4 Å². The number of hydrogen-bond acceptors (Lipinski definition) is 7. The van der Waals surface area contributed by atoms with E-state index in [2.05, 4.69) is 10.6 Å². The van der Waals surface area contributed by atoms with Crippen LogP contribution in [0.2, 0.25) is 0 Å². The van der Waals surface area contributed by atoms with Crippen LogP contribution in [0.3, 0.4) is 0 Å². The third-order valence-corrected chi connectivity index (χ3v) is 8.07. The molecule has 2 amide bonds. The molecule has 4 rings (SSSR count). The summed E-state index contributed by atoms with van der Waals surface area (Å²) >= 11 is 0. The lowest BCUT2D eigenvalue weighted by molar-refractivity contribution is 0.262. The number of rotatable bonds is 8. The predicted molar refractivity (Wildman–Crippen MR) is 148 cm³/mol. The molecular formula is C28H26N2O7S2. The van der Waals surface area contributed by atoms with E-state index < -0.39 is 26.3 Å². The lowest BCUT2D eigenvalue weighted by Gasteiger charge is -2.13. The van der Waals surface area contributed by atoms with Gasteiger partial charge in [0.1, 0.15) is 21.3 Å². The average molecular weight is 567 g/mol. The van der Waals surface area contributed by atoms with Gasteiger partial charge in [-0.15, -0.1) is 0 Å². The van der Waals surface area contributed by atoms with E-state index in [9.17, 15) is 21.6 Å². The quantitative estimate of drug-likeness (QED) is 0.258. The average Bonchev–Trinajstić information content (AvgIpc) is 2.86. The molecule has 0 spiro atoms. The van der Waals surface area contributed by atoms with Crippen molar-refractivity contribution in [2.24, 2.45) is 0 Å². The summed E-state index contributed by atoms with van der Waals surface area (Å²) in [5.41, 5.74) is 2.92. The third-order valence-electron chi connectivity index (χ3n) is 5.56. The maximum atomic E-state index is 12.7. The molecule has 4 aromatic rings. The molecule has 11 heteroatoms. The molecule has 39 heavy (non-hydrogen) atoms. The number of benzene rings is 4. The predicted octanol–water partition coefficient (Wildman–Crippen LogP) is 5.79. The van der Waals surface area contributed by atoms with Crippen LogP contribution in [0.5, 0.6) is 11.5 Å². The summed E-state index contributed by atoms with van der Waals surface area (Å²) in [6.07, 6.45) is 0. The Morgan fingerprint density at radius 3 is 1.69 bits per heavy atom. The normalized spacial score (nSPS) is 11.5. The highest BCUT2D eigenvalue weighted by molar-refractivity contribution is 7.87. The van der Waals surface area contributed by atoms with E-state index in [1.165, 1.54) is 48.5 Å². The largest absolute Gasteiger partial charge is 0.379 e. The lowest BCUT2D eigenvalue weighted by atomic mass is 10.2. The Morgan fingerprint density at radius 2 is 1.13 bits per heavy atom. The SMILES string of the molecule is Cc1ccc(S(=O)(=O)Oc2cccc(NC(=O)Nc3ccc(C)c(OS(=O)(=O)c4ccc(C)cc4)c3)c2)cc1.